The van der Waals surface area contributed by atoms with Gasteiger partial charge < -0.3 is 14.6 Å². The molecule has 0 N–H and O–H groups in total. The molecule has 1 unspecified atom stereocenters. The van der Waals surface area contributed by atoms with Crippen LogP contribution in [-0.2, 0) is 14.3 Å². The molecule has 0 spiro atoms. The van der Waals surface area contributed by atoms with E-state index in [2.05, 4.69) is 6.92 Å². The summed E-state index contributed by atoms with van der Waals surface area (Å²) < 4.78 is 5.40. The zero-order valence-corrected chi connectivity index (χ0v) is 16.3. The first-order valence-corrected chi connectivity index (χ1v) is 6.54. The van der Waals surface area contributed by atoms with Gasteiger partial charge in [0.05, 0.1) is 12.4 Å². The first-order valence-electron chi connectivity index (χ1n) is 6.54. The number of carbonyl (C=O) groups excluding carboxylic acids is 2. The fraction of sp³-hybridized carbons (Fsp3) is 0.857. The fourth-order valence-corrected chi connectivity index (χ4v) is 1.70. The fourth-order valence-electron chi connectivity index (χ4n) is 1.70. The van der Waals surface area contributed by atoms with Crippen LogP contribution < -0.4 is 56.5 Å². The Labute approximate surface area is 159 Å². The number of hydrogen-bond acceptors (Lipinski definition) is 4. The van der Waals surface area contributed by atoms with Crippen LogP contribution >= 0.6 is 0 Å². The Morgan fingerprint density at radius 3 is 2.00 bits per heavy atom. The molecule has 0 aromatic carbocycles. The number of carboxylic acids is 1. The van der Waals surface area contributed by atoms with Crippen molar-refractivity contribution in [2.75, 3.05) is 0 Å². The summed E-state index contributed by atoms with van der Waals surface area (Å²) in [5.74, 6) is -2.12. The van der Waals surface area contributed by atoms with E-state index in [0.717, 1.165) is 25.7 Å². The van der Waals surface area contributed by atoms with Crippen molar-refractivity contribution in [1.82, 2.24) is 0 Å². The Hall–Kier alpha value is 0.576. The van der Waals surface area contributed by atoms with E-state index in [-0.39, 0.29) is 56.8 Å². The van der Waals surface area contributed by atoms with Crippen LogP contribution in [0, 0.1) is 5.41 Å². The maximum atomic E-state index is 11.5. The summed E-state index contributed by atoms with van der Waals surface area (Å²) in [5.41, 5.74) is -0.878. The summed E-state index contributed by atoms with van der Waals surface area (Å²) in [4.78, 5) is 21.9. The molecule has 0 aliphatic carbocycles. The van der Waals surface area contributed by atoms with Gasteiger partial charge in [-0.15, -0.1) is 0 Å². The average molecular weight is 296 g/mol. The summed E-state index contributed by atoms with van der Waals surface area (Å²) in [6.07, 6.45) is 3.18. The molecule has 1 atom stereocenters. The molecule has 0 aliphatic rings. The number of rotatable bonds is 7. The SMILES string of the molecule is CCCCCC(C)(OC(=O)CC(=O)[O-])C(C)(C)C.[K+]. The molecule has 19 heavy (non-hydrogen) atoms. The summed E-state index contributed by atoms with van der Waals surface area (Å²) in [6, 6.07) is 0. The number of unbranched alkanes of at least 4 members (excludes halogenated alkanes) is 2. The minimum absolute atomic E-state index is 0. The molecule has 0 fully saturated rings. The molecule has 0 radical (unpaired) electrons. The molecular formula is C14H25KO4. The Balaban J connectivity index is 0. The minimum Gasteiger partial charge on any atom is -0.550 e. The van der Waals surface area contributed by atoms with Crippen LogP contribution in [0.15, 0.2) is 0 Å². The molecule has 4 nitrogen and oxygen atoms in total. The van der Waals surface area contributed by atoms with Gasteiger partial charge in [0.25, 0.3) is 0 Å². The molecular weight excluding hydrogens is 271 g/mol. The predicted molar refractivity (Wildman–Crippen MR) is 67.7 cm³/mol. The van der Waals surface area contributed by atoms with E-state index in [1.807, 2.05) is 27.7 Å². The molecule has 0 bridgehead atoms. The monoisotopic (exact) mass is 296 g/mol. The molecule has 0 aliphatic heterocycles. The van der Waals surface area contributed by atoms with Gasteiger partial charge in [0.1, 0.15) is 5.60 Å². The predicted octanol–water partition coefficient (Wildman–Crippen LogP) is -0.941. The average Bonchev–Trinajstić information content (AvgIpc) is 2.14. The van der Waals surface area contributed by atoms with Crippen LogP contribution in [0.25, 0.3) is 0 Å². The van der Waals surface area contributed by atoms with Gasteiger partial charge in [0.15, 0.2) is 0 Å². The Morgan fingerprint density at radius 2 is 1.63 bits per heavy atom. The van der Waals surface area contributed by atoms with Crippen LogP contribution in [0.3, 0.4) is 0 Å². The van der Waals surface area contributed by atoms with Gasteiger partial charge in [-0.05, 0) is 19.8 Å². The zero-order valence-electron chi connectivity index (χ0n) is 13.2. The van der Waals surface area contributed by atoms with Gasteiger partial charge in [-0.25, -0.2) is 0 Å². The molecule has 0 saturated carbocycles. The number of ether oxygens (including phenoxy) is 1. The van der Waals surface area contributed by atoms with E-state index < -0.39 is 24.0 Å². The van der Waals surface area contributed by atoms with Crippen molar-refractivity contribution in [3.63, 3.8) is 0 Å². The number of carboxylic acid groups (broad SMARTS) is 1. The first-order chi connectivity index (χ1) is 8.12. The second kappa shape index (κ2) is 9.50. The minimum atomic E-state index is -1.40. The third kappa shape index (κ3) is 8.45. The summed E-state index contributed by atoms with van der Waals surface area (Å²) >= 11 is 0. The number of hydrogen-bond donors (Lipinski definition) is 0. The van der Waals surface area contributed by atoms with E-state index in [1.165, 1.54) is 0 Å². The van der Waals surface area contributed by atoms with Crippen molar-refractivity contribution < 1.29 is 70.8 Å². The van der Waals surface area contributed by atoms with Gasteiger partial charge >= 0.3 is 57.4 Å². The Morgan fingerprint density at radius 1 is 1.11 bits per heavy atom. The van der Waals surface area contributed by atoms with Gasteiger partial charge in [0, 0.05) is 5.41 Å². The quantitative estimate of drug-likeness (QED) is 0.263. The Kier molecular flexibility index (Phi) is 10.9. The second-order valence-electron chi connectivity index (χ2n) is 5.96. The van der Waals surface area contributed by atoms with E-state index in [4.69, 9.17) is 4.74 Å². The van der Waals surface area contributed by atoms with E-state index >= 15 is 0 Å². The van der Waals surface area contributed by atoms with Crippen molar-refractivity contribution in [1.29, 1.82) is 0 Å². The van der Waals surface area contributed by atoms with Crippen LogP contribution in [0.2, 0.25) is 0 Å². The molecule has 0 aromatic rings. The molecule has 5 heteroatoms. The standard InChI is InChI=1S/C14H26O4.K/c1-6-7-8-9-14(5,13(2,3)4)18-12(17)10-11(15)16;/h6-10H2,1-5H3,(H,15,16);/q;+1/p-1. The smallest absolute Gasteiger partial charge is 0.550 e. The van der Waals surface area contributed by atoms with Crippen LogP contribution in [0.4, 0.5) is 0 Å². The van der Waals surface area contributed by atoms with Crippen LogP contribution in [0.1, 0.15) is 66.7 Å². The molecule has 0 heterocycles. The molecule has 0 aromatic heterocycles. The molecule has 0 amide bonds. The van der Waals surface area contributed by atoms with E-state index in [0.29, 0.717) is 0 Å². The summed E-state index contributed by atoms with van der Waals surface area (Å²) in [5, 5.41) is 10.4. The molecule has 106 valence electrons. The van der Waals surface area contributed by atoms with Crippen molar-refractivity contribution >= 4 is 11.9 Å². The molecule has 0 rings (SSSR count). The maximum Gasteiger partial charge on any atom is 1.00 e. The van der Waals surface area contributed by atoms with Gasteiger partial charge in [-0.2, -0.15) is 0 Å². The zero-order chi connectivity index (χ0) is 14.4. The number of carbonyl (C=O) groups is 2. The normalized spacial score (nSPS) is 14.2. The first kappa shape index (κ1) is 21.9. The van der Waals surface area contributed by atoms with Crippen molar-refractivity contribution in [3.8, 4) is 0 Å². The van der Waals surface area contributed by atoms with Crippen molar-refractivity contribution in [2.24, 2.45) is 5.41 Å². The largest absolute Gasteiger partial charge is 1.00 e. The van der Waals surface area contributed by atoms with Crippen molar-refractivity contribution in [2.45, 2.75) is 72.3 Å². The summed E-state index contributed by atoms with van der Waals surface area (Å²) in [6.45, 7) is 9.95. The van der Waals surface area contributed by atoms with Gasteiger partial charge in [-0.1, -0.05) is 40.5 Å². The van der Waals surface area contributed by atoms with E-state index in [1.54, 1.807) is 0 Å². The maximum absolute atomic E-state index is 11.5. The topological polar surface area (TPSA) is 66.4 Å². The second-order valence-corrected chi connectivity index (χ2v) is 5.96. The molecule has 0 saturated heterocycles. The van der Waals surface area contributed by atoms with Gasteiger partial charge in [-0.3, -0.25) is 4.79 Å². The third-order valence-electron chi connectivity index (χ3n) is 3.47. The van der Waals surface area contributed by atoms with E-state index in [9.17, 15) is 14.7 Å². The van der Waals surface area contributed by atoms with Crippen LogP contribution in [0.5, 0.6) is 0 Å². The number of esters is 1. The third-order valence-corrected chi connectivity index (χ3v) is 3.47. The van der Waals surface area contributed by atoms with Gasteiger partial charge in [0.2, 0.25) is 0 Å². The Bertz CT molecular complexity index is 296. The van der Waals surface area contributed by atoms with Crippen molar-refractivity contribution in [3.05, 3.63) is 0 Å². The summed E-state index contributed by atoms with van der Waals surface area (Å²) in [7, 11) is 0. The van der Waals surface area contributed by atoms with Crippen LogP contribution in [-0.4, -0.2) is 17.5 Å². The number of aliphatic carboxylic acids is 1.